The van der Waals surface area contributed by atoms with Crippen LogP contribution in [0.1, 0.15) is 58.3 Å². The van der Waals surface area contributed by atoms with Gasteiger partial charge in [-0.1, -0.05) is 51.9 Å². The summed E-state index contributed by atoms with van der Waals surface area (Å²) in [7, 11) is 0. The minimum absolute atomic E-state index is 0.320. The van der Waals surface area contributed by atoms with Crippen LogP contribution in [0.5, 0.6) is 0 Å². The van der Waals surface area contributed by atoms with Gasteiger partial charge in [-0.05, 0) is 6.42 Å². The molecule has 0 aromatic rings. The number of aliphatic hydroxyl groups excluding tert-OH is 1. The van der Waals surface area contributed by atoms with E-state index in [4.69, 9.17) is 16.4 Å². The van der Waals surface area contributed by atoms with Crippen molar-refractivity contribution in [3.05, 3.63) is 23.4 Å². The Morgan fingerprint density at radius 1 is 1.17 bits per heavy atom. The second-order valence-corrected chi connectivity index (χ2v) is 4.24. The van der Waals surface area contributed by atoms with Gasteiger partial charge in [-0.25, -0.2) is 4.85 Å². The number of aliphatic hydroxyl groups is 1. The minimum Gasteiger partial charge on any atom is -0.526 e. The van der Waals surface area contributed by atoms with E-state index < -0.39 is 5.97 Å². The first kappa shape index (κ1) is 16.5. The number of ether oxygens (including phenoxy) is 1. The Kier molecular flexibility index (Phi) is 11.0. The topological polar surface area (TPSA) is 50.9 Å². The van der Waals surface area contributed by atoms with Gasteiger partial charge in [0.1, 0.15) is 0 Å². The van der Waals surface area contributed by atoms with Crippen molar-refractivity contribution >= 4 is 5.97 Å². The number of nitrogens with zero attached hydrogens (tertiary/aromatic N) is 1. The SMILES string of the molecule is [C-]#[N+]/C(=C/O)C(=O)OCCCCCCCCCC. The van der Waals surface area contributed by atoms with Crippen LogP contribution >= 0.6 is 0 Å². The predicted octanol–water partition coefficient (Wildman–Crippen LogP) is 3.99. The molecule has 0 amide bonds. The number of hydrogen-bond acceptors (Lipinski definition) is 3. The first-order valence-corrected chi connectivity index (χ1v) is 6.65. The highest BCUT2D eigenvalue weighted by molar-refractivity contribution is 5.89. The minimum atomic E-state index is -0.740. The average Bonchev–Trinajstić information content (AvgIpc) is 2.38. The molecule has 1 N–H and O–H groups in total. The second-order valence-electron chi connectivity index (χ2n) is 4.24. The van der Waals surface area contributed by atoms with Crippen molar-refractivity contribution in [1.82, 2.24) is 0 Å². The van der Waals surface area contributed by atoms with Crippen LogP contribution in [-0.2, 0) is 9.53 Å². The summed E-state index contributed by atoms with van der Waals surface area (Å²) in [6.07, 6.45) is 9.89. The molecule has 4 heteroatoms. The predicted molar refractivity (Wildman–Crippen MR) is 70.9 cm³/mol. The Labute approximate surface area is 109 Å². The maximum atomic E-state index is 11.1. The van der Waals surface area contributed by atoms with Gasteiger partial charge in [-0.3, -0.25) is 4.79 Å². The molecule has 0 aromatic heterocycles. The Bertz CT molecular complexity index is 292. The van der Waals surface area contributed by atoms with E-state index in [1.807, 2.05) is 0 Å². The lowest BCUT2D eigenvalue weighted by molar-refractivity contribution is -0.138. The molecule has 102 valence electrons. The molecule has 0 fully saturated rings. The van der Waals surface area contributed by atoms with E-state index in [2.05, 4.69) is 11.8 Å². The molecular weight excluding hydrogens is 230 g/mol. The lowest BCUT2D eigenvalue weighted by atomic mass is 10.1. The summed E-state index contributed by atoms with van der Waals surface area (Å²) < 4.78 is 4.85. The number of carbonyl (C=O) groups excluding carboxylic acids is 1. The standard InChI is InChI=1S/C14H23NO3/c1-3-4-5-6-7-8-9-10-11-18-14(17)13(12-16)15-2/h12,16H,3-11H2,1H3/b13-12+. The fraction of sp³-hybridized carbons (Fsp3) is 0.714. The van der Waals surface area contributed by atoms with Gasteiger partial charge >= 0.3 is 11.7 Å². The van der Waals surface area contributed by atoms with Crippen molar-refractivity contribution in [2.24, 2.45) is 0 Å². The number of hydrogen-bond donors (Lipinski definition) is 1. The molecule has 0 spiro atoms. The van der Waals surface area contributed by atoms with E-state index in [0.29, 0.717) is 12.9 Å². The fourth-order valence-corrected chi connectivity index (χ4v) is 1.60. The molecule has 0 saturated carbocycles. The van der Waals surface area contributed by atoms with E-state index in [9.17, 15) is 4.79 Å². The molecule has 0 heterocycles. The van der Waals surface area contributed by atoms with Crippen LogP contribution in [0.15, 0.2) is 12.0 Å². The van der Waals surface area contributed by atoms with Crippen molar-refractivity contribution < 1.29 is 14.6 Å². The molecule has 18 heavy (non-hydrogen) atoms. The quantitative estimate of drug-likeness (QED) is 0.210. The van der Waals surface area contributed by atoms with Gasteiger partial charge < -0.3 is 9.84 Å². The molecule has 0 aliphatic heterocycles. The summed E-state index contributed by atoms with van der Waals surface area (Å²) in [5, 5.41) is 8.56. The summed E-state index contributed by atoms with van der Waals surface area (Å²) in [5.74, 6) is -0.740. The van der Waals surface area contributed by atoms with Gasteiger partial charge in [0.15, 0.2) is 0 Å². The summed E-state index contributed by atoms with van der Waals surface area (Å²) in [4.78, 5) is 14.0. The van der Waals surface area contributed by atoms with Gasteiger partial charge in [0, 0.05) is 0 Å². The van der Waals surface area contributed by atoms with Crippen LogP contribution in [0, 0.1) is 6.57 Å². The van der Waals surface area contributed by atoms with Crippen molar-refractivity contribution in [2.45, 2.75) is 58.3 Å². The molecule has 0 aliphatic carbocycles. The van der Waals surface area contributed by atoms with Crippen LogP contribution in [0.25, 0.3) is 4.85 Å². The molecule has 0 atom stereocenters. The molecule has 0 rings (SSSR count). The van der Waals surface area contributed by atoms with Gasteiger partial charge in [0.25, 0.3) is 0 Å². The molecule has 0 unspecified atom stereocenters. The lowest BCUT2D eigenvalue weighted by Gasteiger charge is -2.03. The van der Waals surface area contributed by atoms with E-state index in [-0.39, 0.29) is 5.70 Å². The third-order valence-electron chi connectivity index (χ3n) is 2.68. The highest BCUT2D eigenvalue weighted by Gasteiger charge is 2.10. The summed E-state index contributed by atoms with van der Waals surface area (Å²) in [6.45, 7) is 9.13. The van der Waals surface area contributed by atoms with Crippen LogP contribution < -0.4 is 0 Å². The Morgan fingerprint density at radius 2 is 1.72 bits per heavy atom. The molecular formula is C14H23NO3. The molecule has 0 bridgehead atoms. The third kappa shape index (κ3) is 8.63. The van der Waals surface area contributed by atoms with Crippen LogP contribution in [0.4, 0.5) is 0 Å². The zero-order valence-electron chi connectivity index (χ0n) is 11.2. The zero-order chi connectivity index (χ0) is 13.6. The van der Waals surface area contributed by atoms with E-state index >= 15 is 0 Å². The Balaban J connectivity index is 3.36. The lowest BCUT2D eigenvalue weighted by Crippen LogP contribution is -2.07. The van der Waals surface area contributed by atoms with E-state index in [0.717, 1.165) is 19.3 Å². The maximum Gasteiger partial charge on any atom is 0.339 e. The van der Waals surface area contributed by atoms with E-state index in [1.54, 1.807) is 0 Å². The van der Waals surface area contributed by atoms with Crippen molar-refractivity contribution in [2.75, 3.05) is 6.61 Å². The van der Waals surface area contributed by atoms with Gasteiger partial charge in [0.2, 0.25) is 0 Å². The van der Waals surface area contributed by atoms with E-state index in [1.165, 1.54) is 32.1 Å². The monoisotopic (exact) mass is 253 g/mol. The first-order chi connectivity index (χ1) is 8.76. The maximum absolute atomic E-state index is 11.1. The largest absolute Gasteiger partial charge is 0.526 e. The molecule has 0 radical (unpaired) electrons. The van der Waals surface area contributed by atoms with Crippen molar-refractivity contribution in [1.29, 1.82) is 0 Å². The number of rotatable bonds is 10. The zero-order valence-corrected chi connectivity index (χ0v) is 11.2. The van der Waals surface area contributed by atoms with Crippen molar-refractivity contribution in [3.8, 4) is 0 Å². The van der Waals surface area contributed by atoms with Gasteiger partial charge in [-0.2, -0.15) is 0 Å². The number of unbranched alkanes of at least 4 members (excludes halogenated alkanes) is 7. The first-order valence-electron chi connectivity index (χ1n) is 6.65. The van der Waals surface area contributed by atoms with Crippen LogP contribution in [0.3, 0.4) is 0 Å². The number of esters is 1. The summed E-state index contributed by atoms with van der Waals surface area (Å²) in [5.41, 5.74) is -0.366. The molecule has 0 saturated heterocycles. The van der Waals surface area contributed by atoms with Gasteiger partial charge in [-0.15, -0.1) is 0 Å². The Morgan fingerprint density at radius 3 is 2.22 bits per heavy atom. The normalized spacial score (nSPS) is 11.0. The molecule has 0 aromatic carbocycles. The van der Waals surface area contributed by atoms with Crippen LogP contribution in [-0.4, -0.2) is 17.7 Å². The Hall–Kier alpha value is -1.50. The van der Waals surface area contributed by atoms with Crippen molar-refractivity contribution in [3.63, 3.8) is 0 Å². The number of carbonyl (C=O) groups is 1. The highest BCUT2D eigenvalue weighted by Crippen LogP contribution is 2.08. The molecule has 0 aliphatic rings. The highest BCUT2D eigenvalue weighted by atomic mass is 16.5. The third-order valence-corrected chi connectivity index (χ3v) is 2.68. The van der Waals surface area contributed by atoms with Gasteiger partial charge in [0.05, 0.1) is 19.4 Å². The smallest absolute Gasteiger partial charge is 0.339 e. The van der Waals surface area contributed by atoms with Crippen LogP contribution in [0.2, 0.25) is 0 Å². The molecule has 4 nitrogen and oxygen atoms in total. The second kappa shape index (κ2) is 12.0. The summed E-state index contributed by atoms with van der Waals surface area (Å²) in [6, 6.07) is 0. The average molecular weight is 253 g/mol. The summed E-state index contributed by atoms with van der Waals surface area (Å²) >= 11 is 0. The fourth-order valence-electron chi connectivity index (χ4n) is 1.60.